The Morgan fingerprint density at radius 1 is 1.38 bits per heavy atom. The Bertz CT molecular complexity index is 504. The van der Waals surface area contributed by atoms with Crippen molar-refractivity contribution in [3.63, 3.8) is 0 Å². The Labute approximate surface area is 128 Å². The van der Waals surface area contributed by atoms with Crippen molar-refractivity contribution < 1.29 is 9.72 Å². The molecule has 0 radical (unpaired) electrons. The van der Waals surface area contributed by atoms with Crippen LogP contribution in [0.5, 0.6) is 0 Å². The van der Waals surface area contributed by atoms with Crippen LogP contribution in [0.1, 0.15) is 31.2 Å². The molecular formula is C15H20N2O3S. The van der Waals surface area contributed by atoms with Gasteiger partial charge in [0.05, 0.1) is 11.3 Å². The summed E-state index contributed by atoms with van der Waals surface area (Å²) >= 11 is 1.87. The van der Waals surface area contributed by atoms with Crippen LogP contribution in [0, 0.1) is 10.1 Å². The summed E-state index contributed by atoms with van der Waals surface area (Å²) < 4.78 is 0. The Hall–Kier alpha value is -1.56. The van der Waals surface area contributed by atoms with Crippen LogP contribution in [-0.4, -0.2) is 28.4 Å². The van der Waals surface area contributed by atoms with Gasteiger partial charge in [-0.05, 0) is 31.1 Å². The van der Waals surface area contributed by atoms with Crippen molar-refractivity contribution in [2.45, 2.75) is 43.4 Å². The highest BCUT2D eigenvalue weighted by Gasteiger charge is 2.22. The van der Waals surface area contributed by atoms with Crippen LogP contribution in [0.25, 0.3) is 0 Å². The highest BCUT2D eigenvalue weighted by Crippen LogP contribution is 2.26. The van der Waals surface area contributed by atoms with E-state index in [1.165, 1.54) is 18.6 Å². The van der Waals surface area contributed by atoms with E-state index in [4.69, 9.17) is 0 Å². The lowest BCUT2D eigenvalue weighted by Gasteiger charge is -2.28. The van der Waals surface area contributed by atoms with E-state index in [1.807, 2.05) is 11.8 Å². The summed E-state index contributed by atoms with van der Waals surface area (Å²) in [6.07, 6.45) is 6.87. The number of carbonyl (C=O) groups is 1. The third kappa shape index (κ3) is 4.74. The van der Waals surface area contributed by atoms with Gasteiger partial charge < -0.3 is 5.32 Å². The zero-order chi connectivity index (χ0) is 15.2. The first-order valence-corrected chi connectivity index (χ1v) is 8.42. The van der Waals surface area contributed by atoms with Gasteiger partial charge in [-0.2, -0.15) is 11.8 Å². The molecule has 0 saturated heterocycles. The van der Waals surface area contributed by atoms with Crippen molar-refractivity contribution in [2.24, 2.45) is 0 Å². The normalized spacial score (nSPS) is 21.8. The lowest BCUT2D eigenvalue weighted by atomic mass is 9.94. The number of nitro benzene ring substituents is 1. The van der Waals surface area contributed by atoms with E-state index in [0.717, 1.165) is 24.8 Å². The third-order valence-electron chi connectivity index (χ3n) is 3.84. The SMILES string of the molecule is CSC1CCCC(NC(=O)Cc2ccc([N+](=O)[O-])cc2)C1. The minimum Gasteiger partial charge on any atom is -0.353 e. The first-order valence-electron chi connectivity index (χ1n) is 7.14. The number of nitro groups is 1. The minimum atomic E-state index is -0.436. The number of nitrogens with one attached hydrogen (secondary N) is 1. The molecular weight excluding hydrogens is 288 g/mol. The Kier molecular flexibility index (Phi) is 5.61. The Morgan fingerprint density at radius 3 is 2.71 bits per heavy atom. The quantitative estimate of drug-likeness (QED) is 0.670. The molecule has 1 aliphatic carbocycles. The molecule has 0 bridgehead atoms. The summed E-state index contributed by atoms with van der Waals surface area (Å²) in [6, 6.07) is 6.42. The maximum Gasteiger partial charge on any atom is 0.269 e. The van der Waals surface area contributed by atoms with Crippen LogP contribution in [0.15, 0.2) is 24.3 Å². The van der Waals surface area contributed by atoms with Gasteiger partial charge >= 0.3 is 0 Å². The topological polar surface area (TPSA) is 72.2 Å². The second-order valence-corrected chi connectivity index (χ2v) is 6.53. The fourth-order valence-electron chi connectivity index (χ4n) is 2.69. The van der Waals surface area contributed by atoms with Crippen LogP contribution in [0.3, 0.4) is 0 Å². The lowest BCUT2D eigenvalue weighted by molar-refractivity contribution is -0.384. The molecule has 1 N–H and O–H groups in total. The van der Waals surface area contributed by atoms with Crippen molar-refractivity contribution in [2.75, 3.05) is 6.26 Å². The highest BCUT2D eigenvalue weighted by atomic mass is 32.2. The average Bonchev–Trinajstić information content (AvgIpc) is 2.47. The van der Waals surface area contributed by atoms with Crippen LogP contribution in [-0.2, 0) is 11.2 Å². The molecule has 1 fully saturated rings. The minimum absolute atomic E-state index is 0.00407. The first-order chi connectivity index (χ1) is 10.1. The molecule has 0 heterocycles. The molecule has 1 saturated carbocycles. The number of hydrogen-bond donors (Lipinski definition) is 1. The van der Waals surface area contributed by atoms with Crippen LogP contribution >= 0.6 is 11.8 Å². The molecule has 2 rings (SSSR count). The molecule has 1 aliphatic rings. The lowest BCUT2D eigenvalue weighted by Crippen LogP contribution is -2.39. The Balaban J connectivity index is 1.85. The largest absolute Gasteiger partial charge is 0.353 e. The van der Waals surface area contributed by atoms with E-state index >= 15 is 0 Å². The van der Waals surface area contributed by atoms with Crippen molar-refractivity contribution >= 4 is 23.4 Å². The fraction of sp³-hybridized carbons (Fsp3) is 0.533. The molecule has 6 heteroatoms. The summed E-state index contributed by atoms with van der Waals surface area (Å²) in [5.74, 6) is -0.00407. The smallest absolute Gasteiger partial charge is 0.269 e. The van der Waals surface area contributed by atoms with Crippen molar-refractivity contribution in [1.29, 1.82) is 0 Å². The monoisotopic (exact) mass is 308 g/mol. The first kappa shape index (κ1) is 15.8. The highest BCUT2D eigenvalue weighted by molar-refractivity contribution is 7.99. The molecule has 1 amide bonds. The molecule has 2 unspecified atom stereocenters. The van der Waals surface area contributed by atoms with Crippen molar-refractivity contribution in [3.8, 4) is 0 Å². The summed E-state index contributed by atoms with van der Waals surface area (Å²) in [5, 5.41) is 14.3. The molecule has 114 valence electrons. The number of hydrogen-bond acceptors (Lipinski definition) is 4. The molecule has 5 nitrogen and oxygen atoms in total. The van der Waals surface area contributed by atoms with Gasteiger partial charge in [-0.25, -0.2) is 0 Å². The number of non-ortho nitro benzene ring substituents is 1. The van der Waals surface area contributed by atoms with Gasteiger partial charge in [0, 0.05) is 23.4 Å². The van der Waals surface area contributed by atoms with E-state index in [1.54, 1.807) is 12.1 Å². The summed E-state index contributed by atoms with van der Waals surface area (Å²) in [7, 11) is 0. The van der Waals surface area contributed by atoms with Crippen molar-refractivity contribution in [3.05, 3.63) is 39.9 Å². The van der Waals surface area contributed by atoms with Crippen LogP contribution in [0.2, 0.25) is 0 Å². The van der Waals surface area contributed by atoms with Crippen LogP contribution < -0.4 is 5.32 Å². The molecule has 0 spiro atoms. The molecule has 1 aromatic rings. The fourth-order valence-corrected chi connectivity index (χ4v) is 3.52. The van der Waals surface area contributed by atoms with Gasteiger partial charge in [0.15, 0.2) is 0 Å². The number of rotatable bonds is 5. The molecule has 0 aromatic heterocycles. The van der Waals surface area contributed by atoms with E-state index in [2.05, 4.69) is 11.6 Å². The summed E-state index contributed by atoms with van der Waals surface area (Å²) in [6.45, 7) is 0. The molecule has 21 heavy (non-hydrogen) atoms. The third-order valence-corrected chi connectivity index (χ3v) is 4.93. The standard InChI is InChI=1S/C15H20N2O3S/c1-21-14-4-2-3-12(10-14)16-15(18)9-11-5-7-13(8-6-11)17(19)20/h5-8,12,14H,2-4,9-10H2,1H3,(H,16,18). The van der Waals surface area contributed by atoms with Gasteiger partial charge in [0.2, 0.25) is 5.91 Å². The number of amides is 1. The molecule has 0 aliphatic heterocycles. The maximum atomic E-state index is 12.0. The second kappa shape index (κ2) is 7.45. The van der Waals surface area contributed by atoms with Gasteiger partial charge in [-0.3, -0.25) is 14.9 Å². The van der Waals surface area contributed by atoms with Crippen molar-refractivity contribution in [1.82, 2.24) is 5.32 Å². The second-order valence-electron chi connectivity index (χ2n) is 5.39. The van der Waals surface area contributed by atoms with Gasteiger partial charge in [-0.15, -0.1) is 0 Å². The maximum absolute atomic E-state index is 12.0. The van der Waals surface area contributed by atoms with Crippen LogP contribution in [0.4, 0.5) is 5.69 Å². The molecule has 2 atom stereocenters. The number of thioether (sulfide) groups is 1. The van der Waals surface area contributed by atoms with E-state index in [9.17, 15) is 14.9 Å². The predicted molar refractivity (Wildman–Crippen MR) is 84.5 cm³/mol. The zero-order valence-corrected chi connectivity index (χ0v) is 12.9. The van der Waals surface area contributed by atoms with E-state index in [-0.39, 0.29) is 24.1 Å². The van der Waals surface area contributed by atoms with E-state index in [0.29, 0.717) is 5.25 Å². The van der Waals surface area contributed by atoms with Gasteiger partial charge in [0.25, 0.3) is 5.69 Å². The summed E-state index contributed by atoms with van der Waals surface area (Å²) in [5.41, 5.74) is 0.851. The summed E-state index contributed by atoms with van der Waals surface area (Å²) in [4.78, 5) is 22.2. The van der Waals surface area contributed by atoms with E-state index < -0.39 is 4.92 Å². The number of nitrogens with zero attached hydrogens (tertiary/aromatic N) is 1. The number of carbonyl (C=O) groups excluding carboxylic acids is 1. The number of benzene rings is 1. The predicted octanol–water partition coefficient (Wildman–Crippen LogP) is 2.93. The van der Waals surface area contributed by atoms with Gasteiger partial charge in [0.1, 0.15) is 0 Å². The molecule has 1 aromatic carbocycles. The zero-order valence-electron chi connectivity index (χ0n) is 12.1. The van der Waals surface area contributed by atoms with Gasteiger partial charge in [-0.1, -0.05) is 18.6 Å². The average molecular weight is 308 g/mol. The Morgan fingerprint density at radius 2 is 2.10 bits per heavy atom.